The highest BCUT2D eigenvalue weighted by molar-refractivity contribution is 4.93. The number of aliphatic hydroxyl groups is 1. The van der Waals surface area contributed by atoms with Crippen LogP contribution in [0.5, 0.6) is 0 Å². The highest BCUT2D eigenvalue weighted by Crippen LogP contribution is 2.01. The number of aliphatic hydroxyl groups excluding tert-OH is 1. The van der Waals surface area contributed by atoms with Gasteiger partial charge in [0.15, 0.2) is 0 Å². The SMILES string of the molecule is Cn1cc(CNC(C)(C)CO)nn1. The van der Waals surface area contributed by atoms with Crippen molar-refractivity contribution in [3.63, 3.8) is 0 Å². The maximum Gasteiger partial charge on any atom is 0.0964 e. The Morgan fingerprint density at radius 1 is 1.62 bits per heavy atom. The third kappa shape index (κ3) is 3.12. The predicted octanol–water partition coefficient (Wildman–Crippen LogP) is -0.324. The van der Waals surface area contributed by atoms with Crippen LogP contribution in [0.25, 0.3) is 0 Å². The second kappa shape index (κ2) is 3.85. The molecule has 0 spiro atoms. The minimum absolute atomic E-state index is 0.104. The van der Waals surface area contributed by atoms with Gasteiger partial charge in [0.2, 0.25) is 0 Å². The summed E-state index contributed by atoms with van der Waals surface area (Å²) < 4.78 is 1.66. The van der Waals surface area contributed by atoms with Crippen molar-refractivity contribution in [2.24, 2.45) is 7.05 Å². The predicted molar refractivity (Wildman–Crippen MR) is 49.0 cm³/mol. The zero-order valence-electron chi connectivity index (χ0n) is 8.28. The average Bonchev–Trinajstić information content (AvgIpc) is 2.48. The number of nitrogens with zero attached hydrogens (tertiary/aromatic N) is 3. The lowest BCUT2D eigenvalue weighted by Gasteiger charge is -2.22. The fourth-order valence-corrected chi connectivity index (χ4v) is 0.862. The Labute approximate surface area is 77.8 Å². The minimum Gasteiger partial charge on any atom is -0.394 e. The summed E-state index contributed by atoms with van der Waals surface area (Å²) in [4.78, 5) is 0. The van der Waals surface area contributed by atoms with E-state index in [1.807, 2.05) is 27.1 Å². The van der Waals surface area contributed by atoms with Gasteiger partial charge in [0.25, 0.3) is 0 Å². The lowest BCUT2D eigenvalue weighted by Crippen LogP contribution is -2.42. The quantitative estimate of drug-likeness (QED) is 0.673. The number of aromatic nitrogens is 3. The first kappa shape index (κ1) is 10.1. The lowest BCUT2D eigenvalue weighted by molar-refractivity contribution is 0.187. The Balaban J connectivity index is 2.43. The zero-order chi connectivity index (χ0) is 9.90. The number of hydrogen-bond acceptors (Lipinski definition) is 4. The highest BCUT2D eigenvalue weighted by atomic mass is 16.3. The summed E-state index contributed by atoms with van der Waals surface area (Å²) in [6.07, 6.45) is 1.85. The van der Waals surface area contributed by atoms with Gasteiger partial charge >= 0.3 is 0 Å². The van der Waals surface area contributed by atoms with Gasteiger partial charge in [0, 0.05) is 25.3 Å². The molecule has 5 nitrogen and oxygen atoms in total. The zero-order valence-corrected chi connectivity index (χ0v) is 8.28. The van der Waals surface area contributed by atoms with E-state index in [0.29, 0.717) is 6.54 Å². The molecule has 0 aromatic carbocycles. The van der Waals surface area contributed by atoms with Crippen molar-refractivity contribution >= 4 is 0 Å². The smallest absolute Gasteiger partial charge is 0.0964 e. The minimum atomic E-state index is -0.266. The monoisotopic (exact) mass is 184 g/mol. The van der Waals surface area contributed by atoms with E-state index in [2.05, 4.69) is 15.6 Å². The van der Waals surface area contributed by atoms with Crippen molar-refractivity contribution in [1.82, 2.24) is 20.3 Å². The van der Waals surface area contributed by atoms with Crippen LogP contribution in [-0.2, 0) is 13.6 Å². The first-order valence-corrected chi connectivity index (χ1v) is 4.24. The van der Waals surface area contributed by atoms with Crippen LogP contribution in [0.15, 0.2) is 6.20 Å². The molecule has 0 aliphatic carbocycles. The Morgan fingerprint density at radius 3 is 2.77 bits per heavy atom. The molecular formula is C8H16N4O. The van der Waals surface area contributed by atoms with Gasteiger partial charge in [-0.1, -0.05) is 5.21 Å². The van der Waals surface area contributed by atoms with E-state index in [0.717, 1.165) is 5.69 Å². The molecule has 1 rings (SSSR count). The molecule has 0 aliphatic heterocycles. The maximum absolute atomic E-state index is 8.97. The molecule has 0 bridgehead atoms. The molecule has 13 heavy (non-hydrogen) atoms. The van der Waals surface area contributed by atoms with Gasteiger partial charge in [-0.15, -0.1) is 5.10 Å². The Kier molecular flexibility index (Phi) is 3.00. The third-order valence-electron chi connectivity index (χ3n) is 1.79. The Morgan fingerprint density at radius 2 is 2.31 bits per heavy atom. The van der Waals surface area contributed by atoms with Crippen LogP contribution in [0.4, 0.5) is 0 Å². The van der Waals surface area contributed by atoms with Crippen LogP contribution in [0.1, 0.15) is 19.5 Å². The molecule has 2 N–H and O–H groups in total. The Bertz CT molecular complexity index is 269. The molecule has 0 atom stereocenters. The van der Waals surface area contributed by atoms with Crippen molar-refractivity contribution in [3.8, 4) is 0 Å². The fourth-order valence-electron chi connectivity index (χ4n) is 0.862. The third-order valence-corrected chi connectivity index (χ3v) is 1.79. The molecule has 0 unspecified atom stereocenters. The normalized spacial score (nSPS) is 12.0. The Hall–Kier alpha value is -0.940. The summed E-state index contributed by atoms with van der Waals surface area (Å²) >= 11 is 0. The standard InChI is InChI=1S/C8H16N4O/c1-8(2,6-13)9-4-7-5-12(3)11-10-7/h5,9,13H,4,6H2,1-3H3. The molecule has 0 fully saturated rings. The fraction of sp³-hybridized carbons (Fsp3) is 0.750. The van der Waals surface area contributed by atoms with Gasteiger partial charge in [-0.05, 0) is 13.8 Å². The number of hydrogen-bond donors (Lipinski definition) is 2. The largest absolute Gasteiger partial charge is 0.394 e. The summed E-state index contributed by atoms with van der Waals surface area (Å²) in [5, 5.41) is 19.9. The van der Waals surface area contributed by atoms with E-state index in [1.54, 1.807) is 4.68 Å². The maximum atomic E-state index is 8.97. The molecule has 1 aromatic heterocycles. The molecule has 1 aromatic rings. The van der Waals surface area contributed by atoms with Crippen LogP contribution in [0.3, 0.4) is 0 Å². The molecule has 0 amide bonds. The van der Waals surface area contributed by atoms with E-state index >= 15 is 0 Å². The molecule has 1 heterocycles. The molecular weight excluding hydrogens is 168 g/mol. The first-order valence-electron chi connectivity index (χ1n) is 4.24. The van der Waals surface area contributed by atoms with Crippen LogP contribution < -0.4 is 5.32 Å². The lowest BCUT2D eigenvalue weighted by atomic mass is 10.1. The van der Waals surface area contributed by atoms with Crippen LogP contribution in [-0.4, -0.2) is 32.2 Å². The highest BCUT2D eigenvalue weighted by Gasteiger charge is 2.15. The summed E-state index contributed by atoms with van der Waals surface area (Å²) in [6.45, 7) is 4.60. The molecule has 0 aliphatic rings. The van der Waals surface area contributed by atoms with Crippen LogP contribution in [0.2, 0.25) is 0 Å². The van der Waals surface area contributed by atoms with Gasteiger partial charge in [0.1, 0.15) is 0 Å². The number of aryl methyl sites for hydroxylation is 1. The topological polar surface area (TPSA) is 63.0 Å². The van der Waals surface area contributed by atoms with Gasteiger partial charge in [0.05, 0.1) is 12.3 Å². The van der Waals surface area contributed by atoms with Gasteiger partial charge in [-0.2, -0.15) is 0 Å². The second-order valence-corrected chi connectivity index (χ2v) is 3.78. The van der Waals surface area contributed by atoms with Crippen LogP contribution >= 0.6 is 0 Å². The van der Waals surface area contributed by atoms with Crippen molar-refractivity contribution in [3.05, 3.63) is 11.9 Å². The summed E-state index contributed by atoms with van der Waals surface area (Å²) in [5.41, 5.74) is 0.612. The van der Waals surface area contributed by atoms with E-state index in [4.69, 9.17) is 5.11 Å². The summed E-state index contributed by atoms with van der Waals surface area (Å²) in [5.74, 6) is 0. The number of nitrogens with one attached hydrogen (secondary N) is 1. The van der Waals surface area contributed by atoms with E-state index < -0.39 is 0 Å². The van der Waals surface area contributed by atoms with Crippen molar-refractivity contribution in [1.29, 1.82) is 0 Å². The number of rotatable bonds is 4. The van der Waals surface area contributed by atoms with Crippen LogP contribution in [0, 0.1) is 0 Å². The molecule has 5 heteroatoms. The summed E-state index contributed by atoms with van der Waals surface area (Å²) in [6, 6.07) is 0. The first-order chi connectivity index (χ1) is 6.03. The molecule has 0 saturated heterocycles. The van der Waals surface area contributed by atoms with Gasteiger partial charge < -0.3 is 10.4 Å². The van der Waals surface area contributed by atoms with Gasteiger partial charge in [-0.3, -0.25) is 4.68 Å². The van der Waals surface area contributed by atoms with Crippen molar-refractivity contribution < 1.29 is 5.11 Å². The van der Waals surface area contributed by atoms with E-state index in [9.17, 15) is 0 Å². The summed E-state index contributed by atoms with van der Waals surface area (Å²) in [7, 11) is 1.83. The molecule has 0 saturated carbocycles. The van der Waals surface area contributed by atoms with Crippen molar-refractivity contribution in [2.75, 3.05) is 6.61 Å². The second-order valence-electron chi connectivity index (χ2n) is 3.78. The molecule has 74 valence electrons. The van der Waals surface area contributed by atoms with Gasteiger partial charge in [-0.25, -0.2) is 0 Å². The van der Waals surface area contributed by atoms with Crippen molar-refractivity contribution in [2.45, 2.75) is 25.9 Å². The average molecular weight is 184 g/mol. The van der Waals surface area contributed by atoms with E-state index in [-0.39, 0.29) is 12.1 Å². The van der Waals surface area contributed by atoms with E-state index in [1.165, 1.54) is 0 Å². The molecule has 0 radical (unpaired) electrons.